The first-order valence-electron chi connectivity index (χ1n) is 6.76. The largest absolute Gasteiger partial charge is 0.506 e. The zero-order valence-electron chi connectivity index (χ0n) is 12.1. The van der Waals surface area contributed by atoms with E-state index in [-0.39, 0.29) is 10.8 Å². The lowest BCUT2D eigenvalue weighted by Crippen LogP contribution is -2.02. The van der Waals surface area contributed by atoms with Gasteiger partial charge in [0, 0.05) is 10.6 Å². The summed E-state index contributed by atoms with van der Waals surface area (Å²) >= 11 is 12.1. The van der Waals surface area contributed by atoms with Gasteiger partial charge in [-0.15, -0.1) is 0 Å². The highest BCUT2D eigenvalue weighted by Crippen LogP contribution is 2.42. The van der Waals surface area contributed by atoms with Gasteiger partial charge in [0.15, 0.2) is 0 Å². The van der Waals surface area contributed by atoms with Crippen LogP contribution in [0.1, 0.15) is 34.5 Å². The molecule has 3 rings (SSSR count). The molecular weight excluding hydrogens is 323 g/mol. The highest BCUT2D eigenvalue weighted by molar-refractivity contribution is 6.35. The maximum Gasteiger partial charge on any atom is 0.138 e. The van der Waals surface area contributed by atoms with Gasteiger partial charge in [0.2, 0.25) is 0 Å². The molecule has 0 spiro atoms. The Morgan fingerprint density at radius 1 is 0.909 bits per heavy atom. The molecule has 114 valence electrons. The van der Waals surface area contributed by atoms with Crippen molar-refractivity contribution in [2.75, 3.05) is 0 Å². The van der Waals surface area contributed by atoms with Crippen molar-refractivity contribution in [1.82, 2.24) is 0 Å². The summed E-state index contributed by atoms with van der Waals surface area (Å²) in [6.07, 6.45) is 0. The van der Waals surface area contributed by atoms with Crippen molar-refractivity contribution in [1.29, 1.82) is 0 Å². The van der Waals surface area contributed by atoms with Crippen LogP contribution in [0.4, 0.5) is 0 Å². The average molecular weight is 337 g/mol. The molecule has 0 aliphatic carbocycles. The van der Waals surface area contributed by atoms with Crippen LogP contribution >= 0.6 is 23.2 Å². The van der Waals surface area contributed by atoms with E-state index in [1.54, 1.807) is 6.07 Å². The van der Waals surface area contributed by atoms with Crippen molar-refractivity contribution >= 4 is 23.2 Å². The molecule has 1 aromatic carbocycles. The molecule has 0 amide bonds. The van der Waals surface area contributed by atoms with Gasteiger partial charge in [-0.05, 0) is 50.2 Å². The third-order valence-electron chi connectivity index (χ3n) is 3.46. The molecule has 2 aromatic heterocycles. The Bertz CT molecular complexity index is 777. The molecule has 0 aliphatic rings. The number of aromatic hydroxyl groups is 1. The molecule has 0 atom stereocenters. The van der Waals surface area contributed by atoms with Gasteiger partial charge in [0.05, 0.1) is 5.02 Å². The number of phenolic OH excluding ortho intramolecular Hbond substituents is 1. The second-order valence-electron chi connectivity index (χ2n) is 5.16. The molecule has 0 radical (unpaired) electrons. The van der Waals surface area contributed by atoms with E-state index in [0.717, 1.165) is 11.5 Å². The maximum atomic E-state index is 10.4. The minimum Gasteiger partial charge on any atom is -0.506 e. The molecule has 0 aliphatic heterocycles. The molecule has 1 N–H and O–H groups in total. The van der Waals surface area contributed by atoms with Gasteiger partial charge in [0.25, 0.3) is 0 Å². The first-order valence-corrected chi connectivity index (χ1v) is 7.52. The summed E-state index contributed by atoms with van der Waals surface area (Å²) in [6, 6.07) is 10.6. The van der Waals surface area contributed by atoms with E-state index in [1.807, 2.05) is 38.1 Å². The number of rotatable bonds is 3. The van der Waals surface area contributed by atoms with Gasteiger partial charge in [-0.2, -0.15) is 0 Å². The van der Waals surface area contributed by atoms with Gasteiger partial charge < -0.3 is 13.9 Å². The first kappa shape index (κ1) is 15.1. The zero-order chi connectivity index (χ0) is 15.9. The topological polar surface area (TPSA) is 46.5 Å². The monoisotopic (exact) mass is 336 g/mol. The van der Waals surface area contributed by atoms with Crippen molar-refractivity contribution in [3.63, 3.8) is 0 Å². The van der Waals surface area contributed by atoms with Crippen molar-refractivity contribution in [2.24, 2.45) is 0 Å². The zero-order valence-corrected chi connectivity index (χ0v) is 13.6. The predicted molar refractivity (Wildman–Crippen MR) is 86.0 cm³/mol. The Morgan fingerprint density at radius 3 is 1.91 bits per heavy atom. The summed E-state index contributed by atoms with van der Waals surface area (Å²) in [7, 11) is 0. The van der Waals surface area contributed by atoms with Crippen LogP contribution in [0.3, 0.4) is 0 Å². The Morgan fingerprint density at radius 2 is 1.45 bits per heavy atom. The maximum absolute atomic E-state index is 10.4. The number of halogens is 2. The molecule has 0 saturated heterocycles. The van der Waals surface area contributed by atoms with E-state index in [2.05, 4.69) is 0 Å². The van der Waals surface area contributed by atoms with Gasteiger partial charge in [-0.25, -0.2) is 0 Å². The number of hydrogen-bond donors (Lipinski definition) is 1. The Labute approximate surface area is 138 Å². The Hall–Kier alpha value is -1.84. The van der Waals surface area contributed by atoms with E-state index in [1.165, 1.54) is 6.07 Å². The molecule has 2 heterocycles. The lowest BCUT2D eigenvalue weighted by molar-refractivity contribution is 0.415. The second kappa shape index (κ2) is 5.75. The minimum atomic E-state index is -0.418. The van der Waals surface area contributed by atoms with Crippen molar-refractivity contribution in [3.05, 3.63) is 75.0 Å². The number of aryl methyl sites for hydroxylation is 2. The van der Waals surface area contributed by atoms with Crippen LogP contribution in [0.2, 0.25) is 10.0 Å². The second-order valence-corrected chi connectivity index (χ2v) is 6.00. The molecule has 22 heavy (non-hydrogen) atoms. The SMILES string of the molecule is Cc1ccc(C(c2ccc(C)o2)c2cc(Cl)cc(Cl)c2O)o1. The van der Waals surface area contributed by atoms with Crippen LogP contribution in [-0.2, 0) is 0 Å². The third-order valence-corrected chi connectivity index (χ3v) is 3.97. The van der Waals surface area contributed by atoms with Gasteiger partial charge in [0.1, 0.15) is 34.7 Å². The molecule has 3 aromatic rings. The summed E-state index contributed by atoms with van der Waals surface area (Å²) in [4.78, 5) is 0. The molecule has 3 nitrogen and oxygen atoms in total. The smallest absolute Gasteiger partial charge is 0.138 e. The average Bonchev–Trinajstić information content (AvgIpc) is 3.05. The fourth-order valence-electron chi connectivity index (χ4n) is 2.47. The summed E-state index contributed by atoms with van der Waals surface area (Å²) in [5.74, 6) is 2.41. The standard InChI is InChI=1S/C17H14Cl2O3/c1-9-3-5-14(21-9)16(15-6-4-10(2)22-15)12-7-11(18)8-13(19)17(12)20/h3-8,16,20H,1-2H3. The van der Waals surface area contributed by atoms with E-state index < -0.39 is 5.92 Å². The lowest BCUT2D eigenvalue weighted by atomic mass is 9.93. The number of phenols is 1. The van der Waals surface area contributed by atoms with Crippen molar-refractivity contribution < 1.29 is 13.9 Å². The summed E-state index contributed by atoms with van der Waals surface area (Å²) in [5.41, 5.74) is 0.543. The lowest BCUT2D eigenvalue weighted by Gasteiger charge is -2.16. The fourth-order valence-corrected chi connectivity index (χ4v) is 2.98. The predicted octanol–water partition coefficient (Wildman–Crippen LogP) is 5.68. The van der Waals surface area contributed by atoms with Crippen LogP contribution in [0.5, 0.6) is 5.75 Å². The number of furan rings is 2. The van der Waals surface area contributed by atoms with Crippen molar-refractivity contribution in [3.8, 4) is 5.75 Å². The quantitative estimate of drug-likeness (QED) is 0.668. The molecule has 0 saturated carbocycles. The van der Waals surface area contributed by atoms with Crippen LogP contribution in [-0.4, -0.2) is 5.11 Å². The van der Waals surface area contributed by atoms with E-state index >= 15 is 0 Å². The Kier molecular flexibility index (Phi) is 3.94. The van der Waals surface area contributed by atoms with Crippen LogP contribution in [0, 0.1) is 13.8 Å². The van der Waals surface area contributed by atoms with Crippen LogP contribution in [0.15, 0.2) is 45.2 Å². The van der Waals surface area contributed by atoms with E-state index in [4.69, 9.17) is 32.0 Å². The summed E-state index contributed by atoms with van der Waals surface area (Å²) in [6.45, 7) is 3.72. The molecular formula is C17H14Cl2O3. The molecule has 0 fully saturated rings. The number of hydrogen-bond acceptors (Lipinski definition) is 3. The molecule has 5 heteroatoms. The van der Waals surface area contributed by atoms with Gasteiger partial charge >= 0.3 is 0 Å². The van der Waals surface area contributed by atoms with Gasteiger partial charge in [-0.1, -0.05) is 23.2 Å². The highest BCUT2D eigenvalue weighted by atomic mass is 35.5. The van der Waals surface area contributed by atoms with Crippen LogP contribution < -0.4 is 0 Å². The molecule has 0 bridgehead atoms. The number of benzene rings is 1. The summed E-state index contributed by atoms with van der Waals surface area (Å²) < 4.78 is 11.5. The van der Waals surface area contributed by atoms with Gasteiger partial charge in [-0.3, -0.25) is 0 Å². The van der Waals surface area contributed by atoms with Crippen molar-refractivity contribution in [2.45, 2.75) is 19.8 Å². The minimum absolute atomic E-state index is 0.0285. The Balaban J connectivity index is 2.22. The normalized spacial score (nSPS) is 11.3. The van der Waals surface area contributed by atoms with E-state index in [9.17, 15) is 5.11 Å². The third kappa shape index (κ3) is 2.74. The van der Waals surface area contributed by atoms with Crippen LogP contribution in [0.25, 0.3) is 0 Å². The summed E-state index contributed by atoms with van der Waals surface area (Å²) in [5, 5.41) is 11.0. The highest BCUT2D eigenvalue weighted by Gasteiger charge is 2.27. The van der Waals surface area contributed by atoms with E-state index in [0.29, 0.717) is 22.1 Å². The molecule has 0 unspecified atom stereocenters. The fraction of sp³-hybridized carbons (Fsp3) is 0.176. The first-order chi connectivity index (χ1) is 10.5.